The number of benzene rings is 5. The Morgan fingerprint density at radius 1 is 0.481 bits per heavy atom. The molecule has 0 N–H and O–H groups in total. The number of ether oxygens (including phenoxy) is 6. The number of esters is 2. The molecule has 2 atom stereocenters. The van der Waals surface area contributed by atoms with Gasteiger partial charge < -0.3 is 28.4 Å². The van der Waals surface area contributed by atoms with Gasteiger partial charge in [-0.1, -0.05) is 98.1 Å². The van der Waals surface area contributed by atoms with Crippen LogP contribution in [0.5, 0.6) is 23.0 Å². The summed E-state index contributed by atoms with van der Waals surface area (Å²) in [5, 5.41) is 0. The summed E-state index contributed by atoms with van der Waals surface area (Å²) in [6, 6.07) is 39.3. The molecule has 5 rings (SSSR count). The van der Waals surface area contributed by atoms with Gasteiger partial charge in [0.25, 0.3) is 0 Å². The highest BCUT2D eigenvalue weighted by atomic mass is 16.6. The van der Waals surface area contributed by atoms with Crippen LogP contribution in [0.4, 0.5) is 0 Å². The van der Waals surface area contributed by atoms with Crippen molar-refractivity contribution in [2.75, 3.05) is 26.4 Å². The lowest BCUT2D eigenvalue weighted by atomic mass is 10.1. The molecule has 54 heavy (non-hydrogen) atoms. The van der Waals surface area contributed by atoms with Crippen molar-refractivity contribution in [1.29, 1.82) is 0 Å². The molecule has 0 saturated carbocycles. The Morgan fingerprint density at radius 2 is 0.815 bits per heavy atom. The van der Waals surface area contributed by atoms with Crippen molar-refractivity contribution in [3.63, 3.8) is 0 Å². The zero-order valence-electron chi connectivity index (χ0n) is 31.2. The Labute approximate surface area is 317 Å². The van der Waals surface area contributed by atoms with Crippen LogP contribution in [0.15, 0.2) is 146 Å². The van der Waals surface area contributed by atoms with E-state index >= 15 is 0 Å². The maximum absolute atomic E-state index is 12.5. The third-order valence-corrected chi connectivity index (χ3v) is 8.32. The Bertz CT molecular complexity index is 2000. The first-order valence-corrected chi connectivity index (χ1v) is 17.7. The lowest BCUT2D eigenvalue weighted by molar-refractivity contribution is -0.148. The van der Waals surface area contributed by atoms with Gasteiger partial charge >= 0.3 is 11.9 Å². The molecule has 0 aromatic heterocycles. The second-order valence-corrected chi connectivity index (χ2v) is 13.0. The minimum Gasteiger partial charge on any atom is -0.490 e. The van der Waals surface area contributed by atoms with E-state index in [1.807, 2.05) is 135 Å². The second kappa shape index (κ2) is 19.0. The minimum absolute atomic E-state index is 0.0444. The van der Waals surface area contributed by atoms with E-state index in [-0.39, 0.29) is 37.6 Å². The Hall–Kier alpha value is -6.28. The van der Waals surface area contributed by atoms with Crippen molar-refractivity contribution in [3.8, 4) is 45.3 Å². The molecule has 0 aliphatic heterocycles. The topological polar surface area (TPSA) is 89.5 Å². The SMILES string of the molecule is C=C(C)C(=O)OC(COc1ccc(-c2ccccc2)cc1)COc1cc(C)c(OCC(COc2ccc(-c3ccccc3)cc2)OC(=O)C(=C)C)c(C)c1. The average Bonchev–Trinajstić information content (AvgIpc) is 3.18. The number of aryl methyl sites for hydroxylation is 2. The number of carbonyl (C=O) groups excluding carboxylic acids is 2. The Morgan fingerprint density at radius 3 is 1.19 bits per heavy atom. The fourth-order valence-electron chi connectivity index (χ4n) is 5.45. The molecule has 5 aromatic rings. The van der Waals surface area contributed by atoms with E-state index in [9.17, 15) is 9.59 Å². The van der Waals surface area contributed by atoms with Crippen LogP contribution in [0.2, 0.25) is 0 Å². The standard InChI is InChI=1S/C46H46O8/c1-31(2)45(47)53-42(27-49-39-21-17-37(18-22-39)35-13-9-7-10-14-35)29-51-41-25-33(5)44(34(6)26-41)52-30-43(54-46(48)32(3)4)28-50-40-23-19-38(20-24-40)36-15-11-8-12-16-36/h7-26,42-43H,1,3,27-30H2,2,4-6H3. The molecular formula is C46H46O8. The summed E-state index contributed by atoms with van der Waals surface area (Å²) in [6.07, 6.45) is -1.42. The van der Waals surface area contributed by atoms with E-state index in [4.69, 9.17) is 28.4 Å². The summed E-state index contributed by atoms with van der Waals surface area (Å²) in [4.78, 5) is 24.9. The molecule has 0 radical (unpaired) electrons. The van der Waals surface area contributed by atoms with E-state index in [1.54, 1.807) is 13.8 Å². The highest BCUT2D eigenvalue weighted by molar-refractivity contribution is 5.87. The summed E-state index contributed by atoms with van der Waals surface area (Å²) in [5.74, 6) is 1.40. The molecule has 8 heteroatoms. The third kappa shape index (κ3) is 11.4. The Kier molecular flexibility index (Phi) is 13.7. The molecule has 0 saturated heterocycles. The van der Waals surface area contributed by atoms with Gasteiger partial charge in [0.15, 0.2) is 12.2 Å². The van der Waals surface area contributed by atoms with E-state index in [2.05, 4.69) is 13.2 Å². The summed E-state index contributed by atoms with van der Waals surface area (Å²) in [5.41, 5.74) is 6.50. The largest absolute Gasteiger partial charge is 0.490 e. The number of hydrogen-bond donors (Lipinski definition) is 0. The molecule has 0 heterocycles. The molecule has 0 amide bonds. The fourth-order valence-corrected chi connectivity index (χ4v) is 5.45. The second-order valence-electron chi connectivity index (χ2n) is 13.0. The Balaban J connectivity index is 1.19. The molecule has 2 unspecified atom stereocenters. The van der Waals surface area contributed by atoms with Gasteiger partial charge in [-0.15, -0.1) is 0 Å². The van der Waals surface area contributed by atoms with Crippen LogP contribution < -0.4 is 18.9 Å². The van der Waals surface area contributed by atoms with Crippen LogP contribution >= 0.6 is 0 Å². The number of rotatable bonds is 18. The molecule has 5 aromatic carbocycles. The molecule has 0 bridgehead atoms. The molecule has 0 fully saturated rings. The van der Waals surface area contributed by atoms with Crippen LogP contribution in [-0.2, 0) is 19.1 Å². The van der Waals surface area contributed by atoms with Crippen molar-refractivity contribution in [3.05, 3.63) is 157 Å². The molecule has 8 nitrogen and oxygen atoms in total. The minimum atomic E-state index is -0.712. The van der Waals surface area contributed by atoms with Crippen molar-refractivity contribution >= 4 is 11.9 Å². The summed E-state index contributed by atoms with van der Waals surface area (Å²) >= 11 is 0. The molecular weight excluding hydrogens is 680 g/mol. The van der Waals surface area contributed by atoms with Gasteiger partial charge in [0.1, 0.15) is 49.4 Å². The zero-order valence-corrected chi connectivity index (χ0v) is 31.2. The predicted octanol–water partition coefficient (Wildman–Crippen LogP) is 9.53. The van der Waals surface area contributed by atoms with Crippen molar-refractivity contribution in [2.45, 2.75) is 39.9 Å². The van der Waals surface area contributed by atoms with E-state index in [1.165, 1.54) is 0 Å². The summed E-state index contributed by atoms with van der Waals surface area (Å²) in [6.45, 7) is 14.6. The average molecular weight is 727 g/mol. The predicted molar refractivity (Wildman–Crippen MR) is 211 cm³/mol. The maximum Gasteiger partial charge on any atom is 0.333 e. The van der Waals surface area contributed by atoms with Gasteiger partial charge in [0.2, 0.25) is 0 Å². The number of carbonyl (C=O) groups is 2. The number of hydrogen-bond acceptors (Lipinski definition) is 8. The van der Waals surface area contributed by atoms with Crippen LogP contribution in [-0.4, -0.2) is 50.6 Å². The van der Waals surface area contributed by atoms with E-state index < -0.39 is 24.1 Å². The molecule has 0 aliphatic carbocycles. The lowest BCUT2D eigenvalue weighted by Gasteiger charge is -2.22. The molecule has 0 spiro atoms. The van der Waals surface area contributed by atoms with Crippen LogP contribution in [0.25, 0.3) is 22.3 Å². The zero-order chi connectivity index (χ0) is 38.5. The first-order valence-electron chi connectivity index (χ1n) is 17.7. The monoisotopic (exact) mass is 726 g/mol. The van der Waals surface area contributed by atoms with Gasteiger partial charge in [-0.05, 0) is 97.5 Å². The van der Waals surface area contributed by atoms with Gasteiger partial charge in [-0.2, -0.15) is 0 Å². The van der Waals surface area contributed by atoms with Crippen molar-refractivity contribution in [2.24, 2.45) is 0 Å². The first-order chi connectivity index (χ1) is 26.0. The highest BCUT2D eigenvalue weighted by Gasteiger charge is 2.21. The summed E-state index contributed by atoms with van der Waals surface area (Å²) in [7, 11) is 0. The smallest absolute Gasteiger partial charge is 0.333 e. The van der Waals surface area contributed by atoms with E-state index in [0.717, 1.165) is 33.4 Å². The summed E-state index contributed by atoms with van der Waals surface area (Å²) < 4.78 is 35.7. The van der Waals surface area contributed by atoms with Gasteiger partial charge in [0.05, 0.1) is 0 Å². The van der Waals surface area contributed by atoms with Gasteiger partial charge in [-0.3, -0.25) is 0 Å². The van der Waals surface area contributed by atoms with E-state index in [0.29, 0.717) is 23.0 Å². The van der Waals surface area contributed by atoms with Crippen molar-refractivity contribution in [1.82, 2.24) is 0 Å². The van der Waals surface area contributed by atoms with Crippen LogP contribution in [0.3, 0.4) is 0 Å². The van der Waals surface area contributed by atoms with Gasteiger partial charge in [0, 0.05) is 11.1 Å². The fraction of sp³-hybridized carbons (Fsp3) is 0.217. The molecule has 278 valence electrons. The quantitative estimate of drug-likeness (QED) is 0.0652. The first kappa shape index (κ1) is 38.9. The third-order valence-electron chi connectivity index (χ3n) is 8.32. The highest BCUT2D eigenvalue weighted by Crippen LogP contribution is 2.30. The van der Waals surface area contributed by atoms with Gasteiger partial charge in [-0.25, -0.2) is 9.59 Å². The van der Waals surface area contributed by atoms with Crippen LogP contribution in [0, 0.1) is 13.8 Å². The maximum atomic E-state index is 12.5. The van der Waals surface area contributed by atoms with Crippen LogP contribution in [0.1, 0.15) is 25.0 Å². The normalized spacial score (nSPS) is 11.8. The van der Waals surface area contributed by atoms with Crippen molar-refractivity contribution < 1.29 is 38.0 Å². The lowest BCUT2D eigenvalue weighted by Crippen LogP contribution is -2.31. The molecule has 0 aliphatic rings.